The molecule has 0 fully saturated rings. The lowest BCUT2D eigenvalue weighted by molar-refractivity contribution is -0.384. The molecule has 2 rings (SSSR count). The van der Waals surface area contributed by atoms with Gasteiger partial charge in [0, 0.05) is 37.5 Å². The van der Waals surface area contributed by atoms with Gasteiger partial charge in [0.1, 0.15) is 0 Å². The Labute approximate surface area is 151 Å². The molecule has 0 aromatic heterocycles. The first kappa shape index (κ1) is 18.9. The van der Waals surface area contributed by atoms with Crippen LogP contribution in [0.5, 0.6) is 0 Å². The Bertz CT molecular complexity index is 799. The largest absolute Gasteiger partial charge is 0.461 e. The molecule has 8 heteroatoms. The van der Waals surface area contributed by atoms with Gasteiger partial charge >= 0.3 is 5.97 Å². The summed E-state index contributed by atoms with van der Waals surface area (Å²) in [5.41, 5.74) is 4.94. The molecule has 2 aromatic carbocycles. The smallest absolute Gasteiger partial charge is 0.359 e. The van der Waals surface area contributed by atoms with Crippen LogP contribution in [-0.2, 0) is 9.53 Å². The number of nitro groups is 1. The normalized spacial score (nSPS) is 11.0. The molecule has 136 valence electrons. The molecule has 0 saturated carbocycles. The zero-order chi connectivity index (χ0) is 19.1. The van der Waals surface area contributed by atoms with Crippen molar-refractivity contribution in [2.24, 2.45) is 5.10 Å². The maximum Gasteiger partial charge on any atom is 0.359 e. The number of rotatable bonds is 7. The van der Waals surface area contributed by atoms with E-state index < -0.39 is 10.9 Å². The van der Waals surface area contributed by atoms with Crippen molar-refractivity contribution in [3.05, 3.63) is 64.2 Å². The van der Waals surface area contributed by atoms with Gasteiger partial charge in [-0.3, -0.25) is 15.5 Å². The number of anilines is 2. The molecule has 0 atom stereocenters. The Morgan fingerprint density at radius 2 is 1.77 bits per heavy atom. The number of carbonyl (C=O) groups excluding carboxylic acids is 1. The summed E-state index contributed by atoms with van der Waals surface area (Å²) < 4.78 is 5.02. The van der Waals surface area contributed by atoms with Crippen LogP contribution in [0.3, 0.4) is 0 Å². The minimum absolute atomic E-state index is 0.0402. The maximum atomic E-state index is 12.2. The van der Waals surface area contributed by atoms with Gasteiger partial charge in [-0.15, -0.1) is 0 Å². The highest BCUT2D eigenvalue weighted by Crippen LogP contribution is 2.17. The summed E-state index contributed by atoms with van der Waals surface area (Å²) >= 11 is 0. The monoisotopic (exact) mass is 356 g/mol. The van der Waals surface area contributed by atoms with Crippen LogP contribution in [0.2, 0.25) is 0 Å². The van der Waals surface area contributed by atoms with E-state index in [4.69, 9.17) is 4.74 Å². The number of esters is 1. The zero-order valence-electron chi connectivity index (χ0n) is 14.8. The number of hydrogen-bond acceptors (Lipinski definition) is 7. The summed E-state index contributed by atoms with van der Waals surface area (Å²) in [5, 5.41) is 14.9. The molecule has 0 aliphatic rings. The molecule has 8 nitrogen and oxygen atoms in total. The molecule has 1 N–H and O–H groups in total. The topological polar surface area (TPSA) is 97.1 Å². The molecule has 0 radical (unpaired) electrons. The highest BCUT2D eigenvalue weighted by atomic mass is 16.6. The van der Waals surface area contributed by atoms with Gasteiger partial charge in [0.2, 0.25) is 0 Å². The Morgan fingerprint density at radius 1 is 1.15 bits per heavy atom. The van der Waals surface area contributed by atoms with Crippen LogP contribution < -0.4 is 10.3 Å². The number of non-ortho nitro benzene ring substituents is 1. The van der Waals surface area contributed by atoms with Crippen molar-refractivity contribution in [1.29, 1.82) is 0 Å². The van der Waals surface area contributed by atoms with Gasteiger partial charge < -0.3 is 9.64 Å². The summed E-state index contributed by atoms with van der Waals surface area (Å²) in [4.78, 5) is 24.4. The maximum absolute atomic E-state index is 12.2. The van der Waals surface area contributed by atoms with Crippen LogP contribution in [0, 0.1) is 10.1 Å². The van der Waals surface area contributed by atoms with E-state index in [0.29, 0.717) is 11.3 Å². The van der Waals surface area contributed by atoms with Crippen LogP contribution in [0.4, 0.5) is 17.1 Å². The van der Waals surface area contributed by atoms with E-state index in [1.165, 1.54) is 24.3 Å². The number of hydrogen-bond donors (Lipinski definition) is 1. The third kappa shape index (κ3) is 4.79. The van der Waals surface area contributed by atoms with Gasteiger partial charge in [0.15, 0.2) is 5.71 Å². The fourth-order valence-electron chi connectivity index (χ4n) is 2.12. The molecule has 2 aromatic rings. The number of benzene rings is 2. The standard InChI is InChI=1S/C18H20N4O4/c1-4-26-18(23)17(13-5-9-16(10-6-13)22(24)25)20-19-14-7-11-15(12-8-14)21(2)3/h5-12,19H,4H2,1-3H3/b20-17-. The van der Waals surface area contributed by atoms with Gasteiger partial charge in [0.25, 0.3) is 5.69 Å². The fourth-order valence-corrected chi connectivity index (χ4v) is 2.12. The molecule has 0 amide bonds. The van der Waals surface area contributed by atoms with Crippen molar-refractivity contribution in [2.45, 2.75) is 6.92 Å². The Balaban J connectivity index is 2.27. The third-order valence-corrected chi connectivity index (χ3v) is 3.50. The molecular weight excluding hydrogens is 336 g/mol. The highest BCUT2D eigenvalue weighted by molar-refractivity contribution is 6.43. The van der Waals surface area contributed by atoms with Crippen molar-refractivity contribution in [3.8, 4) is 0 Å². The van der Waals surface area contributed by atoms with Crippen LogP contribution >= 0.6 is 0 Å². The zero-order valence-corrected chi connectivity index (χ0v) is 14.8. The molecule has 0 unspecified atom stereocenters. The second-order valence-corrected chi connectivity index (χ2v) is 5.54. The summed E-state index contributed by atoms with van der Waals surface area (Å²) in [5.74, 6) is -0.612. The van der Waals surface area contributed by atoms with Crippen molar-refractivity contribution in [1.82, 2.24) is 0 Å². The Hall–Kier alpha value is -3.42. The molecule has 0 heterocycles. The Kier molecular flexibility index (Phi) is 6.26. The van der Waals surface area contributed by atoms with Gasteiger partial charge in [-0.25, -0.2) is 4.79 Å². The molecule has 0 spiro atoms. The summed E-state index contributed by atoms with van der Waals surface area (Å²) in [6, 6.07) is 13.0. The van der Waals surface area contributed by atoms with E-state index in [2.05, 4.69) is 10.5 Å². The van der Waals surface area contributed by atoms with Crippen LogP contribution in [0.15, 0.2) is 53.6 Å². The average molecular weight is 356 g/mol. The minimum atomic E-state index is -0.612. The first-order valence-electron chi connectivity index (χ1n) is 7.95. The number of carbonyl (C=O) groups is 1. The summed E-state index contributed by atoms with van der Waals surface area (Å²) in [6.07, 6.45) is 0. The van der Waals surface area contributed by atoms with Crippen LogP contribution in [-0.4, -0.2) is 37.3 Å². The molecule has 0 saturated heterocycles. The molecular formula is C18H20N4O4. The third-order valence-electron chi connectivity index (χ3n) is 3.50. The van der Waals surface area contributed by atoms with E-state index >= 15 is 0 Å². The second-order valence-electron chi connectivity index (χ2n) is 5.54. The van der Waals surface area contributed by atoms with Gasteiger partial charge in [0.05, 0.1) is 17.2 Å². The second kappa shape index (κ2) is 8.61. The number of nitro benzene ring substituents is 1. The lowest BCUT2D eigenvalue weighted by Crippen LogP contribution is -2.20. The van der Waals surface area contributed by atoms with Crippen LogP contribution in [0.25, 0.3) is 0 Å². The SMILES string of the molecule is CCOC(=O)/C(=N\Nc1ccc(N(C)C)cc1)c1ccc([N+](=O)[O-])cc1. The first-order valence-corrected chi connectivity index (χ1v) is 7.95. The molecule has 26 heavy (non-hydrogen) atoms. The quantitative estimate of drug-likeness (QED) is 0.354. The average Bonchev–Trinajstić information content (AvgIpc) is 2.63. The van der Waals surface area contributed by atoms with E-state index in [-0.39, 0.29) is 18.0 Å². The number of hydrazone groups is 1. The van der Waals surface area contributed by atoms with E-state index in [0.717, 1.165) is 5.69 Å². The molecule has 0 aliphatic heterocycles. The Morgan fingerprint density at radius 3 is 2.27 bits per heavy atom. The number of nitrogens with zero attached hydrogens (tertiary/aromatic N) is 3. The predicted molar refractivity (Wildman–Crippen MR) is 101 cm³/mol. The molecule has 0 aliphatic carbocycles. The van der Waals surface area contributed by atoms with Gasteiger partial charge in [-0.1, -0.05) is 0 Å². The molecule has 0 bridgehead atoms. The lowest BCUT2D eigenvalue weighted by atomic mass is 10.1. The van der Waals surface area contributed by atoms with Crippen molar-refractivity contribution in [2.75, 3.05) is 31.0 Å². The van der Waals surface area contributed by atoms with Crippen molar-refractivity contribution >= 4 is 28.7 Å². The highest BCUT2D eigenvalue weighted by Gasteiger charge is 2.17. The first-order chi connectivity index (χ1) is 12.4. The van der Waals surface area contributed by atoms with Crippen molar-refractivity contribution in [3.63, 3.8) is 0 Å². The summed E-state index contributed by atoms with van der Waals surface area (Å²) in [6.45, 7) is 1.89. The van der Waals surface area contributed by atoms with Gasteiger partial charge in [-0.2, -0.15) is 5.10 Å². The predicted octanol–water partition coefficient (Wildman–Crippen LogP) is 3.04. The summed E-state index contributed by atoms with van der Waals surface area (Å²) in [7, 11) is 3.88. The van der Waals surface area contributed by atoms with Crippen LogP contribution in [0.1, 0.15) is 12.5 Å². The van der Waals surface area contributed by atoms with Crippen molar-refractivity contribution < 1.29 is 14.5 Å². The lowest BCUT2D eigenvalue weighted by Gasteiger charge is -2.12. The number of nitrogens with one attached hydrogen (secondary N) is 1. The van der Waals surface area contributed by atoms with E-state index in [1.807, 2.05) is 43.3 Å². The minimum Gasteiger partial charge on any atom is -0.461 e. The van der Waals surface area contributed by atoms with E-state index in [1.54, 1.807) is 6.92 Å². The fraction of sp³-hybridized carbons (Fsp3) is 0.222. The number of ether oxygens (including phenoxy) is 1. The van der Waals surface area contributed by atoms with E-state index in [9.17, 15) is 14.9 Å². The van der Waals surface area contributed by atoms with Gasteiger partial charge in [-0.05, 0) is 43.3 Å².